The van der Waals surface area contributed by atoms with Crippen LogP contribution in [0.3, 0.4) is 0 Å². The van der Waals surface area contributed by atoms with Crippen molar-refractivity contribution >= 4 is 94.0 Å². The van der Waals surface area contributed by atoms with Crippen LogP contribution in [0, 0.1) is 24.7 Å². The zero-order valence-electron chi connectivity index (χ0n) is 40.8. The summed E-state index contributed by atoms with van der Waals surface area (Å²) in [6.07, 6.45) is 8.33. The number of carbonyl (C=O) groups excluding carboxylic acids is 2. The van der Waals surface area contributed by atoms with E-state index in [4.69, 9.17) is 45.6 Å². The lowest BCUT2D eigenvalue weighted by Crippen LogP contribution is -2.34. The van der Waals surface area contributed by atoms with Crippen molar-refractivity contribution in [2.75, 3.05) is 60.7 Å². The van der Waals surface area contributed by atoms with Crippen molar-refractivity contribution in [2.45, 2.75) is 84.0 Å². The minimum atomic E-state index is -4.53. The van der Waals surface area contributed by atoms with Crippen LogP contribution in [0.2, 0.25) is 15.1 Å². The van der Waals surface area contributed by atoms with Gasteiger partial charge in [-0.3, -0.25) is 19.7 Å². The Morgan fingerprint density at radius 1 is 0.792 bits per heavy atom. The number of thioether (sulfide) groups is 3. The van der Waals surface area contributed by atoms with Crippen LogP contribution in [0.5, 0.6) is 0 Å². The Labute approximate surface area is 451 Å². The number of aldehydes is 1. The molecule has 0 spiro atoms. The Morgan fingerprint density at radius 3 is 1.75 bits per heavy atom. The second kappa shape index (κ2) is 34.2. The molecule has 1 amide bonds. The van der Waals surface area contributed by atoms with Crippen molar-refractivity contribution in [3.8, 4) is 0 Å². The van der Waals surface area contributed by atoms with Gasteiger partial charge in [-0.2, -0.15) is 53.6 Å². The van der Waals surface area contributed by atoms with Crippen LogP contribution in [0.15, 0.2) is 95.5 Å². The highest BCUT2D eigenvalue weighted by molar-refractivity contribution is 7.99. The number of alkyl halides is 3. The Kier molecular flexibility index (Phi) is 29.0. The first-order valence-electron chi connectivity index (χ1n) is 24.4. The average Bonchev–Trinajstić information content (AvgIpc) is 4.08. The highest BCUT2D eigenvalue weighted by atomic mass is 35.5. The number of benzene rings is 3. The van der Waals surface area contributed by atoms with E-state index in [9.17, 15) is 27.6 Å². The van der Waals surface area contributed by atoms with Gasteiger partial charge in [0.1, 0.15) is 5.71 Å². The molecule has 0 saturated carbocycles. The van der Waals surface area contributed by atoms with Crippen molar-refractivity contribution in [3.63, 3.8) is 0 Å². The summed E-state index contributed by atoms with van der Waals surface area (Å²) in [5.74, 6) is 8.73. The number of carboxylic acid groups (broad SMARTS) is 1. The number of hydrogen-bond acceptors (Lipinski definition) is 10. The number of H-pyrrole nitrogens is 1. The van der Waals surface area contributed by atoms with Gasteiger partial charge in [0.05, 0.1) is 11.6 Å². The number of allylic oxidation sites excluding steroid dienone is 1. The molecule has 5 heterocycles. The fourth-order valence-corrected chi connectivity index (χ4v) is 12.2. The molecule has 4 aliphatic heterocycles. The first-order valence-corrected chi connectivity index (χ1v) is 29.0. The molecule has 0 bridgehead atoms. The smallest absolute Gasteiger partial charge is 0.432 e. The number of carboxylic acids is 1. The number of amides is 1. The number of rotatable bonds is 15. The molecular formula is C53H68Cl3F3N6O4S3. The fraction of sp³-hybridized carbons (Fsp3) is 0.491. The van der Waals surface area contributed by atoms with Crippen molar-refractivity contribution in [3.05, 3.63) is 134 Å². The molecular weight excluding hydrogens is 1040 g/mol. The molecule has 10 nitrogen and oxygen atoms in total. The first kappa shape index (κ1) is 61.1. The zero-order chi connectivity index (χ0) is 52.1. The van der Waals surface area contributed by atoms with Gasteiger partial charge in [-0.15, -0.1) is 0 Å². The van der Waals surface area contributed by atoms with E-state index in [0.717, 1.165) is 90.9 Å². The van der Waals surface area contributed by atoms with Gasteiger partial charge in [-0.1, -0.05) is 89.4 Å². The zero-order valence-corrected chi connectivity index (χ0v) is 45.5. The molecule has 1 aromatic heterocycles. The van der Waals surface area contributed by atoms with Gasteiger partial charge in [-0.25, -0.2) is 4.79 Å². The molecule has 5 N–H and O–H groups in total. The second-order valence-electron chi connectivity index (χ2n) is 17.7. The van der Waals surface area contributed by atoms with Gasteiger partial charge >= 0.3 is 12.1 Å². The van der Waals surface area contributed by atoms with Gasteiger partial charge < -0.3 is 21.1 Å². The predicted molar refractivity (Wildman–Crippen MR) is 297 cm³/mol. The normalized spacial score (nSPS) is 16.2. The van der Waals surface area contributed by atoms with Crippen molar-refractivity contribution in [1.82, 2.24) is 20.4 Å². The molecule has 3 aromatic carbocycles. The third kappa shape index (κ3) is 23.4. The number of hydrogen-bond donors (Lipinski definition) is 4. The Bertz CT molecular complexity index is 2300. The lowest BCUT2D eigenvalue weighted by molar-refractivity contribution is -0.127. The molecule has 8 rings (SSSR count). The van der Waals surface area contributed by atoms with E-state index in [1.165, 1.54) is 73.2 Å². The minimum absolute atomic E-state index is 0.0625. The van der Waals surface area contributed by atoms with E-state index in [1.807, 2.05) is 42.1 Å². The number of nitrogens with two attached hydrogens (primary N) is 1. The van der Waals surface area contributed by atoms with Gasteiger partial charge in [0.25, 0.3) is 5.91 Å². The Morgan fingerprint density at radius 2 is 1.31 bits per heavy atom. The maximum Gasteiger partial charge on any atom is 0.432 e. The van der Waals surface area contributed by atoms with Crippen LogP contribution < -0.4 is 11.1 Å². The number of aromatic amines is 1. The van der Waals surface area contributed by atoms with Gasteiger partial charge in [0, 0.05) is 46.5 Å². The summed E-state index contributed by atoms with van der Waals surface area (Å²) in [7, 11) is 0. The van der Waals surface area contributed by atoms with Crippen LogP contribution in [-0.4, -0.2) is 111 Å². The summed E-state index contributed by atoms with van der Waals surface area (Å²) in [6, 6.07) is 23.7. The minimum Gasteiger partial charge on any atom is -0.476 e. The van der Waals surface area contributed by atoms with E-state index in [2.05, 4.69) is 50.1 Å². The number of halogens is 6. The lowest BCUT2D eigenvalue weighted by atomic mass is 9.98. The quantitative estimate of drug-likeness (QED) is 0.0668. The lowest BCUT2D eigenvalue weighted by Gasteiger charge is -2.27. The SMILES string of the molecule is Cc1cc(C(=O)O)n[nH]1.Clc1ccccc1CNCCC1CCSCC1.NCCC1CCSCC1.O=C(C1=CC(C(F)(F)F)=NC1)N(CCC1CCSCC1)Cc1ccccc1Cl.O=Cc1ccccc1Cl. The van der Waals surface area contributed by atoms with Crippen molar-refractivity contribution in [1.29, 1.82) is 0 Å². The molecule has 19 heteroatoms. The van der Waals surface area contributed by atoms with Crippen LogP contribution in [0.4, 0.5) is 13.2 Å². The average molecular weight is 1110 g/mol. The van der Waals surface area contributed by atoms with Gasteiger partial charge in [0.2, 0.25) is 0 Å². The molecule has 0 aliphatic carbocycles. The van der Waals surface area contributed by atoms with E-state index in [0.29, 0.717) is 28.1 Å². The molecule has 0 radical (unpaired) electrons. The van der Waals surface area contributed by atoms with E-state index < -0.39 is 23.8 Å². The van der Waals surface area contributed by atoms with Crippen molar-refractivity contribution in [2.24, 2.45) is 28.5 Å². The van der Waals surface area contributed by atoms with E-state index in [1.54, 1.807) is 48.2 Å². The molecule has 4 aromatic rings. The molecule has 4 aliphatic rings. The maximum absolute atomic E-state index is 13.0. The van der Waals surface area contributed by atoms with Crippen molar-refractivity contribution < 1.29 is 32.7 Å². The highest BCUT2D eigenvalue weighted by Crippen LogP contribution is 2.29. The molecule has 3 fully saturated rings. The standard InChI is InChI=1S/C20H22ClF3N2OS.C14H20ClNS.C7H5ClO.C7H15NS.C5H6N2O2/c21-17-4-2-1-3-15(17)13-26(8-5-14-6-9-28-10-7-14)19(27)16-11-18(25-12-16)20(22,23)24;15-14-4-2-1-3-13(14)11-16-8-5-12-6-9-17-10-7-12;8-7-4-2-1-3-6(7)5-9;8-4-1-7-2-5-9-6-3-7;1-3-2-4(5(8)9)7-6-3/h1-4,11,14H,5-10,12-13H2;1-4,12,16H,5-11H2;1-5H;7H,1-6,8H2;2H,1H3,(H,6,7)(H,8,9). The first-order chi connectivity index (χ1) is 34.7. The largest absolute Gasteiger partial charge is 0.476 e. The summed E-state index contributed by atoms with van der Waals surface area (Å²) in [4.78, 5) is 38.4. The summed E-state index contributed by atoms with van der Waals surface area (Å²) < 4.78 is 38.6. The Balaban J connectivity index is 0.000000216. The molecule has 0 atom stereocenters. The number of nitrogens with one attached hydrogen (secondary N) is 2. The topological polar surface area (TPSA) is 154 Å². The molecule has 0 unspecified atom stereocenters. The second-order valence-corrected chi connectivity index (χ2v) is 22.6. The molecule has 3 saturated heterocycles. The molecule has 72 heavy (non-hydrogen) atoms. The third-order valence-electron chi connectivity index (χ3n) is 12.3. The van der Waals surface area contributed by atoms with E-state index in [-0.39, 0.29) is 24.4 Å². The van der Waals surface area contributed by atoms with Gasteiger partial charge in [-0.05, 0) is 172 Å². The fourth-order valence-electron chi connectivity index (χ4n) is 7.96. The van der Waals surface area contributed by atoms with Crippen LogP contribution >= 0.6 is 70.1 Å². The highest BCUT2D eigenvalue weighted by Gasteiger charge is 2.38. The summed E-state index contributed by atoms with van der Waals surface area (Å²) in [5.41, 5.74) is 7.89. The number of aliphatic imine (C=N–C) groups is 1. The third-order valence-corrected chi connectivity index (χ3v) is 16.5. The van der Waals surface area contributed by atoms with E-state index >= 15 is 0 Å². The number of nitrogens with zero attached hydrogens (tertiary/aromatic N) is 3. The summed E-state index contributed by atoms with van der Waals surface area (Å²) in [5, 5.41) is 19.7. The number of carbonyl (C=O) groups is 3. The number of aryl methyl sites for hydroxylation is 1. The number of aromatic carboxylic acids is 1. The monoisotopic (exact) mass is 1110 g/mol. The van der Waals surface area contributed by atoms with Crippen LogP contribution in [0.1, 0.15) is 95.5 Å². The van der Waals surface area contributed by atoms with Gasteiger partial charge in [0.15, 0.2) is 12.0 Å². The Hall–Kier alpha value is -3.48. The molecule has 394 valence electrons. The van der Waals surface area contributed by atoms with Crippen LogP contribution in [-0.2, 0) is 17.9 Å². The maximum atomic E-state index is 13.0. The van der Waals surface area contributed by atoms with Crippen LogP contribution in [0.25, 0.3) is 0 Å². The number of aromatic nitrogens is 2. The predicted octanol–water partition coefficient (Wildman–Crippen LogP) is 13.2. The summed E-state index contributed by atoms with van der Waals surface area (Å²) >= 11 is 24.1. The summed E-state index contributed by atoms with van der Waals surface area (Å²) in [6.45, 7) is 5.18.